The van der Waals surface area contributed by atoms with Crippen molar-refractivity contribution >= 4 is 22.9 Å². The Kier molecular flexibility index (Phi) is 4.71. The summed E-state index contributed by atoms with van der Waals surface area (Å²) in [7, 11) is 0. The fraction of sp³-hybridized carbons (Fsp3) is 0.143. The number of imidazole rings is 1. The van der Waals surface area contributed by atoms with Gasteiger partial charge in [-0.25, -0.2) is 14.4 Å². The molecule has 0 spiro atoms. The third-order valence-electron chi connectivity index (χ3n) is 4.21. The van der Waals surface area contributed by atoms with Gasteiger partial charge < -0.3 is 0 Å². The zero-order valence-electron chi connectivity index (χ0n) is 14.4. The van der Waals surface area contributed by atoms with Crippen LogP contribution >= 0.6 is 11.8 Å². The Morgan fingerprint density at radius 2 is 1.92 bits per heavy atom. The van der Waals surface area contributed by atoms with Crippen molar-refractivity contribution in [2.24, 2.45) is 0 Å². The average Bonchev–Trinajstić information content (AvgIpc) is 3.00. The number of halogens is 1. The van der Waals surface area contributed by atoms with Crippen molar-refractivity contribution in [2.45, 2.75) is 24.4 Å². The third-order valence-corrected chi connectivity index (χ3v) is 5.25. The molecule has 0 aliphatic heterocycles. The summed E-state index contributed by atoms with van der Waals surface area (Å²) in [6, 6.07) is 19.1. The van der Waals surface area contributed by atoms with Crippen LogP contribution in [0.25, 0.3) is 11.2 Å². The lowest BCUT2D eigenvalue weighted by Crippen LogP contribution is -2.04. The molecule has 3 nitrogen and oxygen atoms in total. The highest BCUT2D eigenvalue weighted by Gasteiger charge is 2.14. The second-order valence-corrected chi connectivity index (χ2v) is 7.14. The van der Waals surface area contributed by atoms with Crippen LogP contribution in [0.5, 0.6) is 0 Å². The van der Waals surface area contributed by atoms with E-state index < -0.39 is 0 Å². The van der Waals surface area contributed by atoms with E-state index in [4.69, 9.17) is 4.98 Å². The van der Waals surface area contributed by atoms with Crippen LogP contribution in [-0.2, 0) is 12.3 Å². The minimum atomic E-state index is -0.208. The molecule has 0 N–H and O–H groups in total. The first-order chi connectivity index (χ1) is 12.7. The first kappa shape index (κ1) is 16.8. The van der Waals surface area contributed by atoms with E-state index in [1.54, 1.807) is 30.1 Å². The number of hydrogen-bond donors (Lipinski definition) is 0. The van der Waals surface area contributed by atoms with Crippen molar-refractivity contribution in [1.29, 1.82) is 0 Å². The lowest BCUT2D eigenvalue weighted by atomic mass is 10.2. The molecule has 2 aromatic heterocycles. The Hall–Kier alpha value is -2.66. The molecule has 0 aliphatic carbocycles. The molecule has 0 aliphatic rings. The van der Waals surface area contributed by atoms with E-state index in [1.165, 1.54) is 17.2 Å². The summed E-state index contributed by atoms with van der Waals surface area (Å²) in [5, 5.41) is 0.850. The minimum Gasteiger partial charge on any atom is -0.299 e. The van der Waals surface area contributed by atoms with Crippen LogP contribution in [0.2, 0.25) is 0 Å². The number of thioether (sulfide) groups is 1. The predicted octanol–water partition coefficient (Wildman–Crippen LogP) is 5.22. The number of hydrogen-bond acceptors (Lipinski definition) is 3. The molecule has 4 rings (SSSR count). The quantitative estimate of drug-likeness (QED) is 0.456. The van der Waals surface area contributed by atoms with Gasteiger partial charge in [-0.05, 0) is 30.7 Å². The number of benzene rings is 2. The molecule has 0 unspecified atom stereocenters. The van der Waals surface area contributed by atoms with Gasteiger partial charge in [0.05, 0.1) is 6.54 Å². The van der Waals surface area contributed by atoms with E-state index in [2.05, 4.69) is 36.2 Å². The molecule has 2 heterocycles. The first-order valence-electron chi connectivity index (χ1n) is 8.44. The standard InChI is InChI=1S/C21H18FN3S/c1-15-6-4-7-16(12-15)14-26-21-24-19-10-5-11-23-20(19)25(21)13-17-8-2-3-9-18(17)22/h2-12H,13-14H2,1H3. The van der Waals surface area contributed by atoms with Crippen molar-refractivity contribution in [1.82, 2.24) is 14.5 Å². The highest BCUT2D eigenvalue weighted by molar-refractivity contribution is 7.98. The normalized spacial score (nSPS) is 11.2. The smallest absolute Gasteiger partial charge is 0.170 e. The maximum atomic E-state index is 14.1. The van der Waals surface area contributed by atoms with Crippen LogP contribution in [0.3, 0.4) is 0 Å². The second-order valence-electron chi connectivity index (χ2n) is 6.20. The summed E-state index contributed by atoms with van der Waals surface area (Å²) in [5.41, 5.74) is 4.73. The number of aryl methyl sites for hydroxylation is 1. The molecule has 0 saturated carbocycles. The maximum absolute atomic E-state index is 14.1. The zero-order chi connectivity index (χ0) is 17.9. The van der Waals surface area contributed by atoms with Crippen molar-refractivity contribution in [3.63, 3.8) is 0 Å². The zero-order valence-corrected chi connectivity index (χ0v) is 15.2. The molecule has 0 amide bonds. The molecule has 5 heteroatoms. The SMILES string of the molecule is Cc1cccc(CSc2nc3cccnc3n2Cc2ccccc2F)c1. The highest BCUT2D eigenvalue weighted by Crippen LogP contribution is 2.27. The Morgan fingerprint density at radius 3 is 2.77 bits per heavy atom. The average molecular weight is 363 g/mol. The molecule has 0 bridgehead atoms. The number of nitrogens with zero attached hydrogens (tertiary/aromatic N) is 3. The molecule has 26 heavy (non-hydrogen) atoms. The highest BCUT2D eigenvalue weighted by atomic mass is 32.2. The van der Waals surface area contributed by atoms with Crippen LogP contribution < -0.4 is 0 Å². The van der Waals surface area contributed by atoms with Crippen molar-refractivity contribution in [3.8, 4) is 0 Å². The molecule has 2 aromatic carbocycles. The van der Waals surface area contributed by atoms with Gasteiger partial charge >= 0.3 is 0 Å². The second kappa shape index (κ2) is 7.30. The van der Waals surface area contributed by atoms with Gasteiger partial charge in [0.2, 0.25) is 0 Å². The third kappa shape index (κ3) is 3.48. The number of fused-ring (bicyclic) bond motifs is 1. The Balaban J connectivity index is 1.68. The van der Waals surface area contributed by atoms with Crippen molar-refractivity contribution in [2.75, 3.05) is 0 Å². The summed E-state index contributed by atoms with van der Waals surface area (Å²) in [5.74, 6) is 0.599. The van der Waals surface area contributed by atoms with Gasteiger partial charge in [0.15, 0.2) is 10.8 Å². The summed E-state index contributed by atoms with van der Waals surface area (Å²) in [6.07, 6.45) is 1.75. The largest absolute Gasteiger partial charge is 0.299 e. The lowest BCUT2D eigenvalue weighted by molar-refractivity contribution is 0.593. The molecule has 0 saturated heterocycles. The van der Waals surface area contributed by atoms with Crippen molar-refractivity contribution in [3.05, 3.63) is 89.4 Å². The van der Waals surface area contributed by atoms with Crippen LogP contribution in [0.1, 0.15) is 16.7 Å². The van der Waals surface area contributed by atoms with E-state index in [0.29, 0.717) is 12.1 Å². The Labute approximate surface area is 155 Å². The molecule has 0 atom stereocenters. The number of rotatable bonds is 5. The molecule has 0 radical (unpaired) electrons. The molecule has 0 fully saturated rings. The summed E-state index contributed by atoms with van der Waals surface area (Å²) >= 11 is 1.65. The van der Waals surface area contributed by atoms with E-state index in [9.17, 15) is 4.39 Å². The van der Waals surface area contributed by atoms with E-state index >= 15 is 0 Å². The first-order valence-corrected chi connectivity index (χ1v) is 9.42. The molecule has 130 valence electrons. The monoisotopic (exact) mass is 363 g/mol. The molecule has 4 aromatic rings. The van der Waals surface area contributed by atoms with Crippen molar-refractivity contribution < 1.29 is 4.39 Å². The fourth-order valence-corrected chi connectivity index (χ4v) is 3.88. The summed E-state index contributed by atoms with van der Waals surface area (Å²) < 4.78 is 16.1. The predicted molar refractivity (Wildman–Crippen MR) is 104 cm³/mol. The van der Waals surface area contributed by atoms with Crippen LogP contribution in [-0.4, -0.2) is 14.5 Å². The number of pyridine rings is 1. The Morgan fingerprint density at radius 1 is 1.04 bits per heavy atom. The van der Waals surface area contributed by atoms with Gasteiger partial charge in [-0.15, -0.1) is 0 Å². The minimum absolute atomic E-state index is 0.208. The Bertz CT molecular complexity index is 1060. The maximum Gasteiger partial charge on any atom is 0.170 e. The van der Waals surface area contributed by atoms with Gasteiger partial charge in [-0.2, -0.15) is 0 Å². The van der Waals surface area contributed by atoms with E-state index in [1.807, 2.05) is 22.8 Å². The molecular formula is C21H18FN3S. The fourth-order valence-electron chi connectivity index (χ4n) is 2.94. The lowest BCUT2D eigenvalue weighted by Gasteiger charge is -2.09. The van der Waals surface area contributed by atoms with Gasteiger partial charge in [0.25, 0.3) is 0 Å². The van der Waals surface area contributed by atoms with Crippen LogP contribution in [0, 0.1) is 12.7 Å². The van der Waals surface area contributed by atoms with Gasteiger partial charge in [0, 0.05) is 17.5 Å². The van der Waals surface area contributed by atoms with E-state index in [-0.39, 0.29) is 5.82 Å². The van der Waals surface area contributed by atoms with Gasteiger partial charge in [-0.1, -0.05) is 59.8 Å². The van der Waals surface area contributed by atoms with Gasteiger partial charge in [-0.3, -0.25) is 4.57 Å². The summed E-state index contributed by atoms with van der Waals surface area (Å²) in [4.78, 5) is 9.18. The van der Waals surface area contributed by atoms with Crippen LogP contribution in [0.4, 0.5) is 4.39 Å². The van der Waals surface area contributed by atoms with Gasteiger partial charge in [0.1, 0.15) is 11.3 Å². The van der Waals surface area contributed by atoms with E-state index in [0.717, 1.165) is 22.1 Å². The number of aromatic nitrogens is 3. The van der Waals surface area contributed by atoms with Crippen LogP contribution in [0.15, 0.2) is 72.0 Å². The summed E-state index contributed by atoms with van der Waals surface area (Å²) in [6.45, 7) is 2.50. The topological polar surface area (TPSA) is 30.7 Å². The molecular weight excluding hydrogens is 345 g/mol.